The summed E-state index contributed by atoms with van der Waals surface area (Å²) < 4.78 is 35.4. The first-order valence-corrected chi connectivity index (χ1v) is 15.1. The van der Waals surface area contributed by atoms with Crippen LogP contribution in [0.1, 0.15) is 82.4 Å². The maximum absolute atomic E-state index is 15.7. The molecular formula is C34H42F2N4O3. The largest absolute Gasteiger partial charge is 0.479 e. The van der Waals surface area contributed by atoms with Gasteiger partial charge in [0.1, 0.15) is 5.82 Å². The topological polar surface area (TPSA) is 87.6 Å². The Morgan fingerprint density at radius 2 is 1.84 bits per heavy atom. The number of carbonyl (C=O) groups is 1. The highest BCUT2D eigenvalue weighted by Gasteiger charge is 2.36. The van der Waals surface area contributed by atoms with Crippen molar-refractivity contribution in [2.24, 2.45) is 5.41 Å². The molecule has 0 spiro atoms. The average Bonchev–Trinajstić information content (AvgIpc) is 2.92. The number of carboxylic acids is 1. The first-order chi connectivity index (χ1) is 20.2. The molecule has 1 aliphatic heterocycles. The van der Waals surface area contributed by atoms with E-state index in [0.29, 0.717) is 40.9 Å². The number of benzene rings is 1. The van der Waals surface area contributed by atoms with Gasteiger partial charge in [0.2, 0.25) is 0 Å². The Morgan fingerprint density at radius 1 is 1.12 bits per heavy atom. The number of aliphatic carboxylic acids is 1. The highest BCUT2D eigenvalue weighted by Crippen LogP contribution is 2.43. The summed E-state index contributed by atoms with van der Waals surface area (Å²) in [5.41, 5.74) is 4.38. The van der Waals surface area contributed by atoms with Crippen molar-refractivity contribution >= 4 is 17.5 Å². The van der Waals surface area contributed by atoms with E-state index in [2.05, 4.69) is 34.0 Å². The van der Waals surface area contributed by atoms with Gasteiger partial charge in [-0.25, -0.2) is 18.6 Å². The third kappa shape index (κ3) is 6.98. The minimum Gasteiger partial charge on any atom is -0.479 e. The van der Waals surface area contributed by atoms with Gasteiger partial charge in [-0.1, -0.05) is 19.9 Å². The molecule has 0 saturated carbocycles. The molecule has 1 aromatic carbocycles. The van der Waals surface area contributed by atoms with E-state index in [1.165, 1.54) is 12.1 Å². The lowest BCUT2D eigenvalue weighted by Gasteiger charge is -2.41. The second-order valence-corrected chi connectivity index (χ2v) is 13.7. The quantitative estimate of drug-likeness (QED) is 0.298. The molecular weight excluding hydrogens is 550 g/mol. The van der Waals surface area contributed by atoms with Gasteiger partial charge in [0.15, 0.2) is 17.7 Å². The van der Waals surface area contributed by atoms with Crippen molar-refractivity contribution in [3.63, 3.8) is 0 Å². The number of fused-ring (bicyclic) bond motifs is 1. The monoisotopic (exact) mass is 592 g/mol. The Morgan fingerprint density at radius 3 is 2.49 bits per heavy atom. The van der Waals surface area contributed by atoms with Crippen LogP contribution in [-0.4, -0.2) is 45.8 Å². The summed E-state index contributed by atoms with van der Waals surface area (Å²) in [5, 5.41) is 13.6. The Hall–Kier alpha value is -3.59. The summed E-state index contributed by atoms with van der Waals surface area (Å²) >= 11 is 0. The molecule has 0 amide bonds. The van der Waals surface area contributed by atoms with Gasteiger partial charge in [0, 0.05) is 53.9 Å². The zero-order chi connectivity index (χ0) is 31.1. The van der Waals surface area contributed by atoms with Gasteiger partial charge in [-0.3, -0.25) is 4.98 Å². The van der Waals surface area contributed by atoms with Gasteiger partial charge in [-0.05, 0) is 94.5 Å². The van der Waals surface area contributed by atoms with Crippen LogP contribution in [0, 0.1) is 24.0 Å². The van der Waals surface area contributed by atoms with Crippen LogP contribution >= 0.6 is 0 Å². The van der Waals surface area contributed by atoms with E-state index in [0.717, 1.165) is 43.5 Å². The van der Waals surface area contributed by atoms with Gasteiger partial charge >= 0.3 is 5.97 Å². The van der Waals surface area contributed by atoms with Gasteiger partial charge in [0.25, 0.3) is 0 Å². The van der Waals surface area contributed by atoms with Crippen LogP contribution in [0.3, 0.4) is 0 Å². The molecule has 1 unspecified atom stereocenters. The number of rotatable bonds is 7. The van der Waals surface area contributed by atoms with Gasteiger partial charge in [-0.15, -0.1) is 0 Å². The van der Waals surface area contributed by atoms with Crippen LogP contribution < -0.4 is 10.2 Å². The minimum absolute atomic E-state index is 0.0309. The van der Waals surface area contributed by atoms with E-state index in [1.54, 1.807) is 31.5 Å². The van der Waals surface area contributed by atoms with Crippen LogP contribution in [0.5, 0.6) is 0 Å². The van der Waals surface area contributed by atoms with Crippen molar-refractivity contribution in [1.29, 1.82) is 0 Å². The zero-order valence-electron chi connectivity index (χ0n) is 25.9. The molecule has 5 rings (SSSR count). The second kappa shape index (κ2) is 11.8. The van der Waals surface area contributed by atoms with Crippen molar-refractivity contribution in [2.45, 2.75) is 91.4 Å². The van der Waals surface area contributed by atoms with Crippen LogP contribution in [0.15, 0.2) is 36.7 Å². The summed E-state index contributed by atoms with van der Waals surface area (Å²) in [4.78, 5) is 23.9. The number of anilines is 2. The maximum atomic E-state index is 15.7. The number of pyridine rings is 2. The van der Waals surface area contributed by atoms with E-state index in [9.17, 15) is 14.3 Å². The van der Waals surface area contributed by atoms with Crippen molar-refractivity contribution in [3.05, 3.63) is 70.7 Å². The Balaban J connectivity index is 1.51. The number of piperidine rings is 1. The molecule has 0 radical (unpaired) electrons. The van der Waals surface area contributed by atoms with E-state index in [4.69, 9.17) is 4.74 Å². The van der Waals surface area contributed by atoms with Crippen molar-refractivity contribution < 1.29 is 23.4 Å². The number of ether oxygens (including phenoxy) is 1. The molecule has 3 aromatic rings. The Kier molecular flexibility index (Phi) is 8.49. The summed E-state index contributed by atoms with van der Waals surface area (Å²) in [6, 6.07) is 6.24. The van der Waals surface area contributed by atoms with E-state index < -0.39 is 23.5 Å². The van der Waals surface area contributed by atoms with E-state index >= 15 is 4.39 Å². The predicted octanol–water partition coefficient (Wildman–Crippen LogP) is 7.27. The molecule has 2 N–H and O–H groups in total. The number of aromatic nitrogens is 2. The molecule has 3 heterocycles. The molecule has 2 atom stereocenters. The molecule has 1 fully saturated rings. The number of nitrogens with one attached hydrogen (secondary N) is 1. The van der Waals surface area contributed by atoms with E-state index in [-0.39, 0.29) is 23.1 Å². The first-order valence-electron chi connectivity index (χ1n) is 15.1. The number of nitrogens with zero attached hydrogens (tertiary/aromatic N) is 3. The molecule has 230 valence electrons. The SMILES string of the molecule is Cc1ncc(-c2cnc(NC3CCc4cc(F)ccc4C3)c(F)c2)c(N2CCC(C)(C)CC2)c1[C@H](OC(C)(C)C)C(=O)O. The lowest BCUT2D eigenvalue weighted by Crippen LogP contribution is -2.39. The molecule has 2 aliphatic rings. The summed E-state index contributed by atoms with van der Waals surface area (Å²) in [6.45, 7) is 13.2. The molecule has 7 nitrogen and oxygen atoms in total. The van der Waals surface area contributed by atoms with Crippen LogP contribution in [-0.2, 0) is 22.4 Å². The lowest BCUT2D eigenvalue weighted by molar-refractivity contribution is -0.160. The van der Waals surface area contributed by atoms with Crippen molar-refractivity contribution in [2.75, 3.05) is 23.3 Å². The highest BCUT2D eigenvalue weighted by atomic mass is 19.1. The standard InChI is InChI=1S/C34H42F2N4O3/c1-20-28(30(32(41)42)43-33(2,3)4)29(40-13-11-34(5,6)12-14-40)26(19-37-20)23-17-27(36)31(38-18-23)39-25-10-8-21-15-24(35)9-7-22(21)16-25/h7,9,15,17-19,25,30H,8,10-14,16H2,1-6H3,(H,38,39)(H,41,42)/t25?,30-/m0/s1. The van der Waals surface area contributed by atoms with E-state index in [1.807, 2.05) is 20.8 Å². The summed E-state index contributed by atoms with van der Waals surface area (Å²) in [5.74, 6) is -1.69. The molecule has 2 aromatic heterocycles. The average molecular weight is 593 g/mol. The third-order valence-electron chi connectivity index (χ3n) is 8.57. The summed E-state index contributed by atoms with van der Waals surface area (Å²) in [6.07, 6.45) is 6.01. The summed E-state index contributed by atoms with van der Waals surface area (Å²) in [7, 11) is 0. The van der Waals surface area contributed by atoms with Crippen molar-refractivity contribution in [1.82, 2.24) is 9.97 Å². The lowest BCUT2D eigenvalue weighted by atomic mass is 9.82. The fraction of sp³-hybridized carbons (Fsp3) is 0.500. The van der Waals surface area contributed by atoms with Crippen LogP contribution in [0.4, 0.5) is 20.3 Å². The number of aryl methyl sites for hydroxylation is 2. The zero-order valence-corrected chi connectivity index (χ0v) is 25.9. The number of hydrogen-bond acceptors (Lipinski definition) is 6. The van der Waals surface area contributed by atoms with Gasteiger partial charge < -0.3 is 20.1 Å². The number of carboxylic acid groups (broad SMARTS) is 1. The fourth-order valence-electron chi connectivity index (χ4n) is 6.13. The minimum atomic E-state index is -1.25. The van der Waals surface area contributed by atoms with Gasteiger partial charge in [0.05, 0.1) is 11.3 Å². The molecule has 0 bridgehead atoms. The van der Waals surface area contributed by atoms with Crippen LogP contribution in [0.25, 0.3) is 11.1 Å². The van der Waals surface area contributed by atoms with Crippen LogP contribution in [0.2, 0.25) is 0 Å². The normalized spacial score (nSPS) is 19.1. The smallest absolute Gasteiger partial charge is 0.337 e. The second-order valence-electron chi connectivity index (χ2n) is 13.7. The molecule has 1 aliphatic carbocycles. The molecule has 9 heteroatoms. The third-order valence-corrected chi connectivity index (χ3v) is 8.57. The molecule has 43 heavy (non-hydrogen) atoms. The Bertz CT molecular complexity index is 1510. The number of hydrogen-bond donors (Lipinski definition) is 2. The van der Waals surface area contributed by atoms with Gasteiger partial charge in [-0.2, -0.15) is 0 Å². The fourth-order valence-corrected chi connectivity index (χ4v) is 6.13. The van der Waals surface area contributed by atoms with Crippen molar-refractivity contribution in [3.8, 4) is 11.1 Å². The highest BCUT2D eigenvalue weighted by molar-refractivity contribution is 5.86. The first kappa shape index (κ1) is 30.9. The molecule has 1 saturated heterocycles. The maximum Gasteiger partial charge on any atom is 0.337 e. The number of halogens is 2. The Labute approximate surface area is 252 Å². The predicted molar refractivity (Wildman–Crippen MR) is 164 cm³/mol.